The molecule has 0 aliphatic heterocycles. The molecule has 1 aliphatic rings. The van der Waals surface area contributed by atoms with Crippen molar-refractivity contribution in [1.82, 2.24) is 4.98 Å². The first-order valence-electron chi connectivity index (χ1n) is 12.3. The third kappa shape index (κ3) is 6.65. The number of aromatic nitrogens is 1. The van der Waals surface area contributed by atoms with Gasteiger partial charge in [0.15, 0.2) is 0 Å². The van der Waals surface area contributed by atoms with Crippen LogP contribution >= 0.6 is 11.3 Å². The van der Waals surface area contributed by atoms with Crippen LogP contribution in [0.3, 0.4) is 0 Å². The quantitative estimate of drug-likeness (QED) is 0.406. The second kappa shape index (κ2) is 11.6. The first-order valence-corrected chi connectivity index (χ1v) is 13.2. The second-order valence-electron chi connectivity index (χ2n) is 10.4. The highest BCUT2D eigenvalue weighted by Crippen LogP contribution is 2.47. The molecule has 2 aromatic rings. The van der Waals surface area contributed by atoms with Gasteiger partial charge in [-0.15, -0.1) is 11.3 Å². The van der Waals surface area contributed by atoms with E-state index in [0.29, 0.717) is 5.92 Å². The molecular weight excluding hydrogens is 398 g/mol. The summed E-state index contributed by atoms with van der Waals surface area (Å²) >= 11 is 1.86. The van der Waals surface area contributed by atoms with Crippen LogP contribution in [0.5, 0.6) is 0 Å². The molecule has 2 nitrogen and oxygen atoms in total. The molecule has 1 aliphatic carbocycles. The minimum atomic E-state index is 0.257. The standard InChI is InChI=1S/C24H35NS.C4H10O/c1-7-9-17(10-8-2)22-25-21(16-26-22)18-11-12-19-20(15-18)24(5,6)14-13-23(19,3)4;1-3-4-5-2/h11-12,15-17H,7-10,13-14H2,1-6H3;3-4H2,1-2H3. The fourth-order valence-corrected chi connectivity index (χ4v) is 5.65. The maximum Gasteiger partial charge on any atom is 0.0963 e. The Morgan fingerprint density at radius 3 is 2.06 bits per heavy atom. The SMILES string of the molecule is CCCC(CCC)c1nc(-c2ccc3c(c2)C(C)(C)CCC3(C)C)cs1.CCCOC. The van der Waals surface area contributed by atoms with Gasteiger partial charge >= 0.3 is 0 Å². The number of rotatable bonds is 8. The fourth-order valence-electron chi connectivity index (χ4n) is 4.65. The van der Waals surface area contributed by atoms with Crippen LogP contribution in [0, 0.1) is 0 Å². The molecular formula is C28H45NOS. The van der Waals surface area contributed by atoms with Crippen LogP contribution in [0.2, 0.25) is 0 Å². The number of hydrogen-bond acceptors (Lipinski definition) is 3. The van der Waals surface area contributed by atoms with Gasteiger partial charge in [0.2, 0.25) is 0 Å². The van der Waals surface area contributed by atoms with E-state index in [1.165, 1.54) is 65.9 Å². The Labute approximate surface area is 195 Å². The van der Waals surface area contributed by atoms with Gasteiger partial charge in [-0.3, -0.25) is 0 Å². The normalized spacial score (nSPS) is 16.5. The first kappa shape index (κ1) is 26.1. The van der Waals surface area contributed by atoms with Crippen LogP contribution in [-0.4, -0.2) is 18.7 Å². The van der Waals surface area contributed by atoms with Crippen molar-refractivity contribution in [2.45, 2.75) is 110 Å². The van der Waals surface area contributed by atoms with Crippen molar-refractivity contribution < 1.29 is 4.74 Å². The number of nitrogens with zero attached hydrogens (tertiary/aromatic N) is 1. The lowest BCUT2D eigenvalue weighted by Gasteiger charge is -2.42. The topological polar surface area (TPSA) is 22.1 Å². The molecule has 0 amide bonds. The molecule has 0 spiro atoms. The molecule has 0 unspecified atom stereocenters. The van der Waals surface area contributed by atoms with Crippen molar-refractivity contribution in [2.24, 2.45) is 0 Å². The van der Waals surface area contributed by atoms with Crippen molar-refractivity contribution in [3.63, 3.8) is 0 Å². The van der Waals surface area contributed by atoms with E-state index in [0.717, 1.165) is 13.0 Å². The molecule has 0 N–H and O–H groups in total. The van der Waals surface area contributed by atoms with E-state index in [-0.39, 0.29) is 10.8 Å². The Hall–Kier alpha value is -1.19. The van der Waals surface area contributed by atoms with Gasteiger partial charge in [0, 0.05) is 30.6 Å². The maximum absolute atomic E-state index is 5.07. The summed E-state index contributed by atoms with van der Waals surface area (Å²) in [5.41, 5.74) is 6.06. The van der Waals surface area contributed by atoms with E-state index in [9.17, 15) is 0 Å². The van der Waals surface area contributed by atoms with Gasteiger partial charge in [-0.05, 0) is 60.1 Å². The van der Waals surface area contributed by atoms with E-state index in [2.05, 4.69) is 72.0 Å². The molecule has 174 valence electrons. The Balaban J connectivity index is 0.000000614. The maximum atomic E-state index is 5.07. The highest BCUT2D eigenvalue weighted by molar-refractivity contribution is 7.10. The summed E-state index contributed by atoms with van der Waals surface area (Å²) in [5.74, 6) is 0.636. The van der Waals surface area contributed by atoms with E-state index < -0.39 is 0 Å². The predicted octanol–water partition coefficient (Wildman–Crippen LogP) is 8.89. The number of ether oxygens (including phenoxy) is 1. The highest BCUT2D eigenvalue weighted by Gasteiger charge is 2.37. The Bertz CT molecular complexity index is 797. The summed E-state index contributed by atoms with van der Waals surface area (Å²) in [6.07, 6.45) is 8.63. The average Bonchev–Trinajstić information content (AvgIpc) is 3.22. The summed E-state index contributed by atoms with van der Waals surface area (Å²) in [5, 5.41) is 3.61. The van der Waals surface area contributed by atoms with Gasteiger partial charge in [-0.1, -0.05) is 73.4 Å². The third-order valence-electron chi connectivity index (χ3n) is 6.70. The van der Waals surface area contributed by atoms with Crippen molar-refractivity contribution >= 4 is 11.3 Å². The zero-order valence-corrected chi connectivity index (χ0v) is 22.1. The Kier molecular flexibility index (Phi) is 9.76. The average molecular weight is 444 g/mol. The van der Waals surface area contributed by atoms with Crippen molar-refractivity contribution in [3.05, 3.63) is 39.7 Å². The zero-order chi connectivity index (χ0) is 23.1. The van der Waals surface area contributed by atoms with Crippen molar-refractivity contribution in [3.8, 4) is 11.3 Å². The van der Waals surface area contributed by atoms with Crippen LogP contribution in [0.4, 0.5) is 0 Å². The van der Waals surface area contributed by atoms with Gasteiger partial charge in [0.1, 0.15) is 0 Å². The summed E-state index contributed by atoms with van der Waals surface area (Å²) in [4.78, 5) is 5.07. The van der Waals surface area contributed by atoms with Gasteiger partial charge in [-0.25, -0.2) is 4.98 Å². The van der Waals surface area contributed by atoms with Crippen molar-refractivity contribution in [2.75, 3.05) is 13.7 Å². The van der Waals surface area contributed by atoms with E-state index in [4.69, 9.17) is 9.72 Å². The van der Waals surface area contributed by atoms with E-state index in [1.807, 2.05) is 11.3 Å². The summed E-state index contributed by atoms with van der Waals surface area (Å²) in [6, 6.07) is 7.11. The zero-order valence-electron chi connectivity index (χ0n) is 21.3. The van der Waals surface area contributed by atoms with E-state index >= 15 is 0 Å². The molecule has 1 aromatic heterocycles. The Morgan fingerprint density at radius 2 is 1.55 bits per heavy atom. The van der Waals surface area contributed by atoms with E-state index in [1.54, 1.807) is 7.11 Å². The molecule has 0 atom stereocenters. The number of hydrogen-bond donors (Lipinski definition) is 0. The van der Waals surface area contributed by atoms with Crippen LogP contribution in [-0.2, 0) is 15.6 Å². The smallest absolute Gasteiger partial charge is 0.0963 e. The summed E-state index contributed by atoms with van der Waals surface area (Å²) in [6.45, 7) is 17.1. The molecule has 3 rings (SSSR count). The molecule has 0 radical (unpaired) electrons. The van der Waals surface area contributed by atoms with Crippen LogP contribution in [0.25, 0.3) is 11.3 Å². The monoisotopic (exact) mass is 443 g/mol. The van der Waals surface area contributed by atoms with Gasteiger partial charge in [0.05, 0.1) is 10.7 Å². The van der Waals surface area contributed by atoms with Gasteiger partial charge in [0.25, 0.3) is 0 Å². The number of fused-ring (bicyclic) bond motifs is 1. The molecule has 0 saturated heterocycles. The highest BCUT2D eigenvalue weighted by atomic mass is 32.1. The molecule has 0 bridgehead atoms. The summed E-state index contributed by atoms with van der Waals surface area (Å²) in [7, 11) is 1.71. The molecule has 1 aromatic carbocycles. The Morgan fingerprint density at radius 1 is 0.935 bits per heavy atom. The van der Waals surface area contributed by atoms with Crippen LogP contribution < -0.4 is 0 Å². The summed E-state index contributed by atoms with van der Waals surface area (Å²) < 4.78 is 4.69. The molecule has 0 fully saturated rings. The lowest BCUT2D eigenvalue weighted by molar-refractivity contribution is 0.199. The molecule has 0 saturated carbocycles. The van der Waals surface area contributed by atoms with Crippen LogP contribution in [0.15, 0.2) is 23.6 Å². The van der Waals surface area contributed by atoms with Gasteiger partial charge < -0.3 is 4.74 Å². The molecule has 31 heavy (non-hydrogen) atoms. The third-order valence-corrected chi connectivity index (χ3v) is 7.71. The largest absolute Gasteiger partial charge is 0.385 e. The molecule has 3 heteroatoms. The van der Waals surface area contributed by atoms with Gasteiger partial charge in [-0.2, -0.15) is 0 Å². The lowest BCUT2D eigenvalue weighted by Crippen LogP contribution is -2.33. The number of thiazole rings is 1. The molecule has 1 heterocycles. The first-order chi connectivity index (χ1) is 14.7. The minimum absolute atomic E-state index is 0.257. The lowest BCUT2D eigenvalue weighted by atomic mass is 9.63. The fraction of sp³-hybridized carbons (Fsp3) is 0.679. The number of methoxy groups -OCH3 is 1. The predicted molar refractivity (Wildman–Crippen MR) is 138 cm³/mol. The number of benzene rings is 1. The van der Waals surface area contributed by atoms with Crippen LogP contribution in [0.1, 0.15) is 115 Å². The minimum Gasteiger partial charge on any atom is -0.385 e. The second-order valence-corrected chi connectivity index (χ2v) is 11.3. The van der Waals surface area contributed by atoms with Crippen molar-refractivity contribution in [1.29, 1.82) is 0 Å².